The van der Waals surface area contributed by atoms with E-state index in [9.17, 15) is 0 Å². The first kappa shape index (κ1) is 14.6. The molecule has 2 rings (SSSR count). The van der Waals surface area contributed by atoms with Crippen LogP contribution in [-0.4, -0.2) is 26.7 Å². The van der Waals surface area contributed by atoms with Crippen LogP contribution in [0.2, 0.25) is 0 Å². The fraction of sp³-hybridized carbons (Fsp3) is 0.571. The molecular weight excluding hydrogens is 254 g/mol. The number of aromatic nitrogens is 4. The molecule has 2 N–H and O–H groups in total. The molecule has 0 aliphatic rings. The van der Waals surface area contributed by atoms with Gasteiger partial charge in [0.1, 0.15) is 5.69 Å². The number of methoxy groups -OCH3 is 1. The van der Waals surface area contributed by atoms with Crippen LogP contribution in [0.5, 0.6) is 5.75 Å². The van der Waals surface area contributed by atoms with E-state index in [0.717, 1.165) is 42.1 Å². The van der Waals surface area contributed by atoms with Crippen LogP contribution < -0.4 is 10.5 Å². The summed E-state index contributed by atoms with van der Waals surface area (Å²) in [6, 6.07) is -0.275. The number of nitrogens with two attached hydrogens (primary N) is 1. The highest BCUT2D eigenvalue weighted by atomic mass is 16.5. The van der Waals surface area contributed by atoms with Crippen molar-refractivity contribution in [1.29, 1.82) is 0 Å². The van der Waals surface area contributed by atoms with Gasteiger partial charge in [0.05, 0.1) is 25.0 Å². The largest absolute Gasteiger partial charge is 0.493 e. The number of aryl methyl sites for hydroxylation is 3. The molecule has 0 fully saturated rings. The zero-order valence-corrected chi connectivity index (χ0v) is 12.6. The van der Waals surface area contributed by atoms with Crippen LogP contribution in [0.15, 0.2) is 12.4 Å². The second-order valence-electron chi connectivity index (χ2n) is 4.86. The first-order valence-electron chi connectivity index (χ1n) is 7.00. The van der Waals surface area contributed by atoms with E-state index in [0.29, 0.717) is 0 Å². The SMILES string of the molecule is CCCn1ncc(OC)c1C(N)c1cn(C)nc1CC. The highest BCUT2D eigenvalue weighted by molar-refractivity contribution is 5.37. The number of hydrogen-bond acceptors (Lipinski definition) is 4. The number of ether oxygens (including phenoxy) is 1. The van der Waals surface area contributed by atoms with E-state index in [1.54, 1.807) is 18.0 Å². The first-order chi connectivity index (χ1) is 9.62. The summed E-state index contributed by atoms with van der Waals surface area (Å²) in [4.78, 5) is 0. The lowest BCUT2D eigenvalue weighted by molar-refractivity contribution is 0.404. The van der Waals surface area contributed by atoms with Crippen molar-refractivity contribution in [2.24, 2.45) is 12.8 Å². The Bertz CT molecular complexity index is 572. The minimum Gasteiger partial charge on any atom is -0.493 e. The molecule has 0 bridgehead atoms. The van der Waals surface area contributed by atoms with Gasteiger partial charge in [-0.25, -0.2) is 0 Å². The van der Waals surface area contributed by atoms with Crippen LogP contribution in [-0.2, 0) is 20.0 Å². The zero-order chi connectivity index (χ0) is 14.7. The molecule has 0 saturated carbocycles. The smallest absolute Gasteiger partial charge is 0.161 e. The summed E-state index contributed by atoms with van der Waals surface area (Å²) in [7, 11) is 3.56. The van der Waals surface area contributed by atoms with Crippen LogP contribution in [0.25, 0.3) is 0 Å². The molecule has 1 unspecified atom stereocenters. The second-order valence-corrected chi connectivity index (χ2v) is 4.86. The van der Waals surface area contributed by atoms with Gasteiger partial charge >= 0.3 is 0 Å². The monoisotopic (exact) mass is 277 g/mol. The summed E-state index contributed by atoms with van der Waals surface area (Å²) in [5.41, 5.74) is 9.43. The molecule has 1 atom stereocenters. The average Bonchev–Trinajstić information content (AvgIpc) is 3.01. The quantitative estimate of drug-likeness (QED) is 0.871. The molecule has 0 aliphatic heterocycles. The van der Waals surface area contributed by atoms with Gasteiger partial charge in [-0.05, 0) is 12.8 Å². The number of nitrogens with zero attached hydrogens (tertiary/aromatic N) is 4. The minimum absolute atomic E-state index is 0.275. The van der Waals surface area contributed by atoms with Crippen molar-refractivity contribution in [3.63, 3.8) is 0 Å². The van der Waals surface area contributed by atoms with E-state index in [2.05, 4.69) is 24.0 Å². The highest BCUT2D eigenvalue weighted by Crippen LogP contribution is 2.30. The predicted molar refractivity (Wildman–Crippen MR) is 77.7 cm³/mol. The van der Waals surface area contributed by atoms with Crippen molar-refractivity contribution in [2.75, 3.05) is 7.11 Å². The average molecular weight is 277 g/mol. The summed E-state index contributed by atoms with van der Waals surface area (Å²) in [5.74, 6) is 0.733. The Morgan fingerprint density at radius 2 is 2.15 bits per heavy atom. The molecule has 0 saturated heterocycles. The van der Waals surface area contributed by atoms with E-state index in [1.165, 1.54) is 0 Å². The molecule has 6 heteroatoms. The Balaban J connectivity index is 2.45. The molecule has 0 amide bonds. The van der Waals surface area contributed by atoms with E-state index in [4.69, 9.17) is 10.5 Å². The second kappa shape index (κ2) is 6.09. The van der Waals surface area contributed by atoms with Crippen molar-refractivity contribution >= 4 is 0 Å². The lowest BCUT2D eigenvalue weighted by Crippen LogP contribution is -2.19. The Hall–Kier alpha value is -1.82. The molecule has 0 spiro atoms. The van der Waals surface area contributed by atoms with Gasteiger partial charge in [0.25, 0.3) is 0 Å². The molecule has 2 aromatic heterocycles. The van der Waals surface area contributed by atoms with Gasteiger partial charge in [0, 0.05) is 25.4 Å². The van der Waals surface area contributed by atoms with Gasteiger partial charge < -0.3 is 10.5 Å². The number of rotatable bonds is 6. The van der Waals surface area contributed by atoms with Crippen LogP contribution in [0, 0.1) is 0 Å². The fourth-order valence-electron chi connectivity index (χ4n) is 2.47. The summed E-state index contributed by atoms with van der Waals surface area (Å²) in [6.07, 6.45) is 5.56. The minimum atomic E-state index is -0.275. The van der Waals surface area contributed by atoms with Gasteiger partial charge in [0.15, 0.2) is 5.75 Å². The van der Waals surface area contributed by atoms with E-state index >= 15 is 0 Å². The van der Waals surface area contributed by atoms with Gasteiger partial charge in [-0.1, -0.05) is 13.8 Å². The summed E-state index contributed by atoms with van der Waals surface area (Å²) < 4.78 is 9.14. The van der Waals surface area contributed by atoms with Gasteiger partial charge in [0.2, 0.25) is 0 Å². The van der Waals surface area contributed by atoms with Crippen molar-refractivity contribution in [3.8, 4) is 5.75 Å². The molecule has 2 aromatic rings. The number of hydrogen-bond donors (Lipinski definition) is 1. The Morgan fingerprint density at radius 3 is 2.75 bits per heavy atom. The third kappa shape index (κ3) is 2.56. The molecule has 110 valence electrons. The Labute approximate surface area is 119 Å². The molecule has 0 radical (unpaired) electrons. The van der Waals surface area contributed by atoms with Crippen LogP contribution in [0.4, 0.5) is 0 Å². The molecule has 2 heterocycles. The maximum Gasteiger partial charge on any atom is 0.161 e. The van der Waals surface area contributed by atoms with E-state index in [-0.39, 0.29) is 6.04 Å². The third-order valence-electron chi connectivity index (χ3n) is 3.40. The van der Waals surface area contributed by atoms with Gasteiger partial charge in [-0.3, -0.25) is 9.36 Å². The van der Waals surface area contributed by atoms with Crippen molar-refractivity contribution in [1.82, 2.24) is 19.6 Å². The van der Waals surface area contributed by atoms with Crippen LogP contribution >= 0.6 is 0 Å². The lowest BCUT2D eigenvalue weighted by atomic mass is 10.0. The van der Waals surface area contributed by atoms with Crippen LogP contribution in [0.1, 0.15) is 43.3 Å². The summed E-state index contributed by atoms with van der Waals surface area (Å²) in [5, 5.41) is 8.83. The summed E-state index contributed by atoms with van der Waals surface area (Å²) in [6.45, 7) is 5.03. The van der Waals surface area contributed by atoms with Crippen molar-refractivity contribution < 1.29 is 4.74 Å². The van der Waals surface area contributed by atoms with Crippen molar-refractivity contribution in [3.05, 3.63) is 29.3 Å². The van der Waals surface area contributed by atoms with Crippen molar-refractivity contribution in [2.45, 2.75) is 39.3 Å². The topological polar surface area (TPSA) is 70.9 Å². The molecular formula is C14H23N5O. The maximum atomic E-state index is 6.46. The predicted octanol–water partition coefficient (Wildman–Crippen LogP) is 1.65. The Kier molecular flexibility index (Phi) is 4.44. The molecule has 6 nitrogen and oxygen atoms in total. The normalized spacial score (nSPS) is 12.7. The Morgan fingerprint density at radius 1 is 1.40 bits per heavy atom. The zero-order valence-electron chi connectivity index (χ0n) is 12.6. The van der Waals surface area contributed by atoms with E-state index < -0.39 is 0 Å². The fourth-order valence-corrected chi connectivity index (χ4v) is 2.47. The third-order valence-corrected chi connectivity index (χ3v) is 3.40. The van der Waals surface area contributed by atoms with Gasteiger partial charge in [-0.2, -0.15) is 10.2 Å². The van der Waals surface area contributed by atoms with Crippen LogP contribution in [0.3, 0.4) is 0 Å². The first-order valence-corrected chi connectivity index (χ1v) is 7.00. The molecule has 20 heavy (non-hydrogen) atoms. The molecule has 0 aliphatic carbocycles. The van der Waals surface area contributed by atoms with Gasteiger partial charge in [-0.15, -0.1) is 0 Å². The standard InChI is InChI=1S/C14H23N5O/c1-5-7-19-14(12(20-4)8-16-19)13(15)10-9-18(3)17-11(10)6-2/h8-9,13H,5-7,15H2,1-4H3. The van der Waals surface area contributed by atoms with E-state index in [1.807, 2.05) is 17.9 Å². The lowest BCUT2D eigenvalue weighted by Gasteiger charge is -2.15. The highest BCUT2D eigenvalue weighted by Gasteiger charge is 2.23. The molecule has 0 aromatic carbocycles. The summed E-state index contributed by atoms with van der Waals surface area (Å²) >= 11 is 0. The maximum absolute atomic E-state index is 6.46.